The van der Waals surface area contributed by atoms with Crippen molar-refractivity contribution < 1.29 is 24.5 Å². The van der Waals surface area contributed by atoms with E-state index in [1.165, 1.54) is 0 Å². The van der Waals surface area contributed by atoms with Crippen LogP contribution in [0.25, 0.3) is 0 Å². The van der Waals surface area contributed by atoms with Crippen LogP contribution in [0.4, 0.5) is 10.5 Å². The minimum Gasteiger partial charge on any atom is -0.484 e. The first kappa shape index (κ1) is 25.8. The average molecular weight is 516 g/mol. The van der Waals surface area contributed by atoms with Crippen LogP contribution in [-0.4, -0.2) is 64.3 Å². The van der Waals surface area contributed by atoms with E-state index in [1.54, 1.807) is 35.2 Å². The summed E-state index contributed by atoms with van der Waals surface area (Å²) in [5.41, 5.74) is 2.97. The van der Waals surface area contributed by atoms with Gasteiger partial charge in [0.25, 0.3) is 5.91 Å². The first-order chi connectivity index (χ1) is 18.5. The molecular formula is C30H33N3O5. The van der Waals surface area contributed by atoms with Crippen LogP contribution in [0.5, 0.6) is 5.75 Å². The maximum Gasteiger partial charge on any atom is 0.408 e. The summed E-state index contributed by atoms with van der Waals surface area (Å²) in [6.07, 6.45) is 1.08. The van der Waals surface area contributed by atoms with Gasteiger partial charge >= 0.3 is 6.09 Å². The van der Waals surface area contributed by atoms with Gasteiger partial charge in [-0.1, -0.05) is 54.6 Å². The number of hydrogen-bond acceptors (Lipinski definition) is 5. The van der Waals surface area contributed by atoms with Gasteiger partial charge in [-0.25, -0.2) is 4.79 Å². The number of nitrogens with one attached hydrogen (secondary N) is 1. The average Bonchev–Trinajstić information content (AvgIpc) is 2.96. The second-order valence-corrected chi connectivity index (χ2v) is 9.98. The lowest BCUT2D eigenvalue weighted by atomic mass is 9.81. The Hall–Kier alpha value is -3.88. The van der Waals surface area contributed by atoms with Gasteiger partial charge in [0, 0.05) is 12.2 Å². The Labute approximate surface area is 222 Å². The van der Waals surface area contributed by atoms with Crippen molar-refractivity contribution in [3.8, 4) is 5.75 Å². The van der Waals surface area contributed by atoms with Crippen molar-refractivity contribution in [2.45, 2.75) is 31.5 Å². The smallest absolute Gasteiger partial charge is 0.408 e. The summed E-state index contributed by atoms with van der Waals surface area (Å²) in [4.78, 5) is 29.3. The van der Waals surface area contributed by atoms with Crippen LogP contribution >= 0.6 is 0 Å². The predicted molar refractivity (Wildman–Crippen MR) is 144 cm³/mol. The highest BCUT2D eigenvalue weighted by molar-refractivity contribution is 5.91. The molecule has 0 spiro atoms. The van der Waals surface area contributed by atoms with Gasteiger partial charge in [-0.05, 0) is 72.8 Å². The van der Waals surface area contributed by atoms with Crippen LogP contribution in [0.1, 0.15) is 35.6 Å². The Balaban J connectivity index is 1.37. The van der Waals surface area contributed by atoms with E-state index < -0.39 is 12.1 Å². The van der Waals surface area contributed by atoms with Gasteiger partial charge in [-0.15, -0.1) is 0 Å². The number of anilines is 1. The number of carboxylic acid groups (broad SMARTS) is 1. The highest BCUT2D eigenvalue weighted by Gasteiger charge is 2.43. The summed E-state index contributed by atoms with van der Waals surface area (Å²) in [6.45, 7) is 2.49. The van der Waals surface area contributed by atoms with Gasteiger partial charge in [0.15, 0.2) is 6.61 Å². The molecule has 0 aliphatic carbocycles. The SMILES string of the molecule is O=C(COc1cccc([C@H](c2ccccc2)N(C(=O)O)[C@H]2CN3CCC2CC3)c1)Nc1cccc(CO)c1. The number of carbonyl (C=O) groups is 2. The van der Waals surface area contributed by atoms with E-state index in [1.807, 2.05) is 48.5 Å². The molecular weight excluding hydrogens is 482 g/mol. The fraction of sp³-hybridized carbons (Fsp3) is 0.333. The van der Waals surface area contributed by atoms with Crippen molar-refractivity contribution in [2.24, 2.45) is 5.92 Å². The Morgan fingerprint density at radius 1 is 0.974 bits per heavy atom. The number of aliphatic hydroxyl groups excluding tert-OH is 1. The fourth-order valence-corrected chi connectivity index (χ4v) is 5.71. The number of nitrogens with zero attached hydrogens (tertiary/aromatic N) is 2. The zero-order valence-electron chi connectivity index (χ0n) is 21.2. The summed E-state index contributed by atoms with van der Waals surface area (Å²) >= 11 is 0. The number of aliphatic hydroxyl groups is 1. The number of ether oxygens (including phenoxy) is 1. The lowest BCUT2D eigenvalue weighted by molar-refractivity contribution is -0.118. The second kappa shape index (κ2) is 11.7. The van der Waals surface area contributed by atoms with Crippen molar-refractivity contribution in [3.63, 3.8) is 0 Å². The zero-order chi connectivity index (χ0) is 26.5. The summed E-state index contributed by atoms with van der Waals surface area (Å²) in [5, 5.41) is 22.6. The molecule has 3 aromatic rings. The zero-order valence-corrected chi connectivity index (χ0v) is 21.2. The van der Waals surface area contributed by atoms with Crippen LogP contribution in [0.15, 0.2) is 78.9 Å². The minimum atomic E-state index is -0.937. The first-order valence-corrected chi connectivity index (χ1v) is 13.0. The lowest BCUT2D eigenvalue weighted by Crippen LogP contribution is -2.59. The molecule has 3 heterocycles. The molecule has 0 saturated carbocycles. The first-order valence-electron chi connectivity index (χ1n) is 13.0. The molecule has 3 aliphatic rings. The van der Waals surface area contributed by atoms with Crippen molar-refractivity contribution >= 4 is 17.7 Å². The van der Waals surface area contributed by atoms with Crippen molar-refractivity contribution in [2.75, 3.05) is 31.6 Å². The summed E-state index contributed by atoms with van der Waals surface area (Å²) < 4.78 is 5.82. The third-order valence-electron chi connectivity index (χ3n) is 7.53. The molecule has 3 aliphatic heterocycles. The summed E-state index contributed by atoms with van der Waals surface area (Å²) in [7, 11) is 0. The summed E-state index contributed by atoms with van der Waals surface area (Å²) in [6, 6.07) is 23.4. The van der Waals surface area contributed by atoms with E-state index in [-0.39, 0.29) is 25.2 Å². The maximum absolute atomic E-state index is 12.8. The Morgan fingerprint density at radius 3 is 2.39 bits per heavy atom. The molecule has 2 atom stereocenters. The van der Waals surface area contributed by atoms with E-state index in [2.05, 4.69) is 10.2 Å². The van der Waals surface area contributed by atoms with Crippen LogP contribution in [0, 0.1) is 5.92 Å². The number of amides is 2. The molecule has 3 N–H and O–H groups in total. The molecule has 8 heteroatoms. The van der Waals surface area contributed by atoms with E-state index in [4.69, 9.17) is 4.74 Å². The molecule has 198 valence electrons. The van der Waals surface area contributed by atoms with Gasteiger partial charge in [-0.3, -0.25) is 9.69 Å². The Bertz CT molecular complexity index is 1260. The molecule has 3 aromatic carbocycles. The number of piperidine rings is 3. The van der Waals surface area contributed by atoms with Crippen LogP contribution in [0.3, 0.4) is 0 Å². The number of hydrogen-bond donors (Lipinski definition) is 3. The van der Waals surface area contributed by atoms with Crippen LogP contribution < -0.4 is 10.1 Å². The highest BCUT2D eigenvalue weighted by atomic mass is 16.5. The van der Waals surface area contributed by atoms with Crippen LogP contribution in [-0.2, 0) is 11.4 Å². The number of fused-ring (bicyclic) bond motifs is 3. The molecule has 2 bridgehead atoms. The topological polar surface area (TPSA) is 102 Å². The van der Waals surface area contributed by atoms with Gasteiger partial charge in [0.05, 0.1) is 18.7 Å². The number of rotatable bonds is 9. The lowest BCUT2D eigenvalue weighted by Gasteiger charge is -2.50. The molecule has 3 fully saturated rings. The Kier molecular flexibility index (Phi) is 7.91. The minimum absolute atomic E-state index is 0.0924. The molecule has 0 aromatic heterocycles. The summed E-state index contributed by atoms with van der Waals surface area (Å²) in [5.74, 6) is 0.501. The maximum atomic E-state index is 12.8. The molecule has 0 unspecified atom stereocenters. The van der Waals surface area contributed by atoms with E-state index in [9.17, 15) is 19.8 Å². The Morgan fingerprint density at radius 2 is 1.71 bits per heavy atom. The van der Waals surface area contributed by atoms with E-state index in [0.29, 0.717) is 22.9 Å². The third kappa shape index (κ3) is 5.82. The highest BCUT2D eigenvalue weighted by Crippen LogP contribution is 2.39. The van der Waals surface area contributed by atoms with Crippen molar-refractivity contribution in [1.29, 1.82) is 0 Å². The molecule has 6 rings (SSSR count). The molecule has 38 heavy (non-hydrogen) atoms. The van der Waals surface area contributed by atoms with E-state index >= 15 is 0 Å². The van der Waals surface area contributed by atoms with E-state index in [0.717, 1.165) is 43.6 Å². The largest absolute Gasteiger partial charge is 0.484 e. The molecule has 3 saturated heterocycles. The normalized spacial score (nSPS) is 20.9. The standard InChI is InChI=1S/C30H33N3O5/c34-19-21-6-4-10-25(16-21)31-28(35)20-38-26-11-5-9-24(17-26)29(23-7-2-1-3-8-23)33(30(36)37)27-18-32-14-12-22(27)13-15-32/h1-11,16-17,22,27,29,34H,12-15,18-20H2,(H,31,35)(H,36,37)/t27-,29-/m0/s1. The van der Waals surface area contributed by atoms with Crippen molar-refractivity contribution in [3.05, 3.63) is 95.6 Å². The molecule has 0 radical (unpaired) electrons. The quantitative estimate of drug-likeness (QED) is 0.391. The monoisotopic (exact) mass is 515 g/mol. The van der Waals surface area contributed by atoms with Gasteiger partial charge in [0.1, 0.15) is 5.75 Å². The van der Waals surface area contributed by atoms with Crippen LogP contribution in [0.2, 0.25) is 0 Å². The predicted octanol–water partition coefficient (Wildman–Crippen LogP) is 4.36. The van der Waals surface area contributed by atoms with Gasteiger partial charge in [-0.2, -0.15) is 0 Å². The number of benzene rings is 3. The van der Waals surface area contributed by atoms with Gasteiger partial charge in [0.2, 0.25) is 0 Å². The molecule has 8 nitrogen and oxygen atoms in total. The third-order valence-corrected chi connectivity index (χ3v) is 7.53. The number of carbonyl (C=O) groups excluding carboxylic acids is 1. The molecule has 2 amide bonds. The fourth-order valence-electron chi connectivity index (χ4n) is 5.71. The van der Waals surface area contributed by atoms with Crippen molar-refractivity contribution in [1.82, 2.24) is 9.80 Å². The second-order valence-electron chi connectivity index (χ2n) is 9.98. The van der Waals surface area contributed by atoms with Gasteiger partial charge < -0.3 is 25.2 Å².